The van der Waals surface area contributed by atoms with Crippen molar-refractivity contribution in [1.29, 1.82) is 5.26 Å². The number of nitriles is 1. The van der Waals surface area contributed by atoms with E-state index >= 15 is 0 Å². The molecule has 0 amide bonds. The first-order valence-corrected chi connectivity index (χ1v) is 6.18. The van der Waals surface area contributed by atoms with E-state index in [0.717, 1.165) is 10.4 Å². The van der Waals surface area contributed by atoms with Crippen molar-refractivity contribution in [2.75, 3.05) is 0 Å². The van der Waals surface area contributed by atoms with Gasteiger partial charge in [0, 0.05) is 6.42 Å². The molecule has 1 rings (SSSR count). The third-order valence-electron chi connectivity index (χ3n) is 1.95. The van der Waals surface area contributed by atoms with Gasteiger partial charge in [0.25, 0.3) is 0 Å². The number of rotatable bonds is 6. The van der Waals surface area contributed by atoms with Crippen LogP contribution < -0.4 is 4.74 Å². The molecule has 1 heterocycles. The smallest absolute Gasteiger partial charge is 0.145 e. The highest BCUT2D eigenvalue weighted by Gasteiger charge is 1.99. The highest BCUT2D eigenvalue weighted by molar-refractivity contribution is 9.10. The standard InChI is InChI=1S/C14H13BrN2O/c1-2-6-12(7-4-3-5-10-16)18-13-8-9-14(15)17-11-13/h2-4,6,8-9,11H,1,5,7H2/b4-3-,12-6+. The van der Waals surface area contributed by atoms with Gasteiger partial charge in [0.1, 0.15) is 16.1 Å². The maximum absolute atomic E-state index is 8.42. The zero-order chi connectivity index (χ0) is 13.2. The molecule has 0 spiro atoms. The Morgan fingerprint density at radius 3 is 2.94 bits per heavy atom. The summed E-state index contributed by atoms with van der Waals surface area (Å²) in [6, 6.07) is 5.69. The van der Waals surface area contributed by atoms with Crippen LogP contribution in [0.25, 0.3) is 0 Å². The number of ether oxygens (including phenoxy) is 1. The van der Waals surface area contributed by atoms with Crippen LogP contribution in [-0.2, 0) is 0 Å². The summed E-state index contributed by atoms with van der Waals surface area (Å²) < 4.78 is 6.42. The SMILES string of the molecule is C=C/C=C(\C/C=C\CC#N)Oc1ccc(Br)nc1. The lowest BCUT2D eigenvalue weighted by Gasteiger charge is -2.07. The second-order valence-corrected chi connectivity index (χ2v) is 4.14. The van der Waals surface area contributed by atoms with Gasteiger partial charge in [-0.25, -0.2) is 4.98 Å². The third kappa shape index (κ3) is 5.46. The van der Waals surface area contributed by atoms with Gasteiger partial charge >= 0.3 is 0 Å². The van der Waals surface area contributed by atoms with Crippen LogP contribution in [0, 0.1) is 11.3 Å². The van der Waals surface area contributed by atoms with E-state index in [1.165, 1.54) is 0 Å². The minimum absolute atomic E-state index is 0.404. The number of aromatic nitrogens is 1. The molecule has 0 N–H and O–H groups in total. The maximum atomic E-state index is 8.42. The second-order valence-electron chi connectivity index (χ2n) is 3.33. The van der Waals surface area contributed by atoms with Crippen molar-refractivity contribution in [2.45, 2.75) is 12.8 Å². The molecule has 1 aromatic rings. The molecule has 0 saturated heterocycles. The van der Waals surface area contributed by atoms with Crippen LogP contribution in [0.1, 0.15) is 12.8 Å². The van der Waals surface area contributed by atoms with Gasteiger partial charge in [-0.3, -0.25) is 0 Å². The number of nitrogens with zero attached hydrogens (tertiary/aromatic N) is 2. The Labute approximate surface area is 115 Å². The highest BCUT2D eigenvalue weighted by atomic mass is 79.9. The fourth-order valence-corrected chi connectivity index (χ4v) is 1.42. The Balaban J connectivity index is 2.64. The Hall–Kier alpha value is -1.86. The molecule has 0 fully saturated rings. The van der Waals surface area contributed by atoms with Crippen LogP contribution in [0.15, 0.2) is 59.6 Å². The number of allylic oxidation sites excluding steroid dienone is 4. The van der Waals surface area contributed by atoms with E-state index in [1.54, 1.807) is 24.4 Å². The van der Waals surface area contributed by atoms with E-state index in [0.29, 0.717) is 18.6 Å². The molecule has 0 atom stereocenters. The van der Waals surface area contributed by atoms with Crippen molar-refractivity contribution >= 4 is 15.9 Å². The Bertz CT molecular complexity index is 484. The number of halogens is 1. The minimum Gasteiger partial charge on any atom is -0.460 e. The van der Waals surface area contributed by atoms with Crippen molar-refractivity contribution in [3.63, 3.8) is 0 Å². The fourth-order valence-electron chi connectivity index (χ4n) is 1.18. The molecule has 0 radical (unpaired) electrons. The summed E-state index contributed by atoms with van der Waals surface area (Å²) in [5.74, 6) is 1.42. The topological polar surface area (TPSA) is 45.9 Å². The van der Waals surface area contributed by atoms with Gasteiger partial charge in [-0.05, 0) is 34.1 Å². The summed E-state index contributed by atoms with van der Waals surface area (Å²) in [6.45, 7) is 3.64. The number of hydrogen-bond donors (Lipinski definition) is 0. The summed E-state index contributed by atoms with van der Waals surface area (Å²) in [5.41, 5.74) is 0. The fraction of sp³-hybridized carbons (Fsp3) is 0.143. The third-order valence-corrected chi connectivity index (χ3v) is 2.42. The molecule has 0 bridgehead atoms. The molecule has 0 saturated carbocycles. The zero-order valence-corrected chi connectivity index (χ0v) is 11.4. The summed E-state index contributed by atoms with van der Waals surface area (Å²) in [5, 5.41) is 8.42. The number of pyridine rings is 1. The Kier molecular flexibility index (Phi) is 6.52. The lowest BCUT2D eigenvalue weighted by molar-refractivity contribution is 0.414. The normalized spacial score (nSPS) is 11.2. The van der Waals surface area contributed by atoms with Gasteiger partial charge < -0.3 is 4.74 Å². The molecule has 1 aromatic heterocycles. The van der Waals surface area contributed by atoms with Crippen molar-refractivity contribution in [2.24, 2.45) is 0 Å². The minimum atomic E-state index is 0.404. The summed E-state index contributed by atoms with van der Waals surface area (Å²) in [4.78, 5) is 4.08. The van der Waals surface area contributed by atoms with Gasteiger partial charge in [-0.15, -0.1) is 0 Å². The van der Waals surface area contributed by atoms with E-state index in [1.807, 2.05) is 24.3 Å². The average Bonchev–Trinajstić information content (AvgIpc) is 2.37. The van der Waals surface area contributed by atoms with Gasteiger partial charge in [-0.2, -0.15) is 5.26 Å². The van der Waals surface area contributed by atoms with Crippen molar-refractivity contribution < 1.29 is 4.74 Å². The molecule has 3 nitrogen and oxygen atoms in total. The van der Waals surface area contributed by atoms with E-state index in [2.05, 4.69) is 27.5 Å². The van der Waals surface area contributed by atoms with Crippen LogP contribution in [0.5, 0.6) is 5.75 Å². The van der Waals surface area contributed by atoms with Gasteiger partial charge in [-0.1, -0.05) is 24.8 Å². The summed E-state index contributed by atoms with van der Waals surface area (Å²) in [7, 11) is 0. The molecular weight excluding hydrogens is 292 g/mol. The van der Waals surface area contributed by atoms with Crippen molar-refractivity contribution in [1.82, 2.24) is 4.98 Å². The first kappa shape index (κ1) is 14.2. The van der Waals surface area contributed by atoms with Crippen LogP contribution in [-0.4, -0.2) is 4.98 Å². The molecule has 0 aliphatic carbocycles. The molecule has 4 heteroatoms. The van der Waals surface area contributed by atoms with Crippen LogP contribution in [0.2, 0.25) is 0 Å². The van der Waals surface area contributed by atoms with E-state index < -0.39 is 0 Å². The summed E-state index contributed by atoms with van der Waals surface area (Å²) >= 11 is 3.26. The second kappa shape index (κ2) is 8.26. The van der Waals surface area contributed by atoms with Gasteiger partial charge in [0.05, 0.1) is 18.7 Å². The number of hydrogen-bond acceptors (Lipinski definition) is 3. The first-order valence-electron chi connectivity index (χ1n) is 5.39. The van der Waals surface area contributed by atoms with Crippen LogP contribution in [0.4, 0.5) is 0 Å². The summed E-state index contributed by atoms with van der Waals surface area (Å²) in [6.07, 6.45) is 9.81. The van der Waals surface area contributed by atoms with E-state index in [4.69, 9.17) is 10.00 Å². The molecule has 0 unspecified atom stereocenters. The van der Waals surface area contributed by atoms with Gasteiger partial charge in [0.15, 0.2) is 0 Å². The van der Waals surface area contributed by atoms with Crippen molar-refractivity contribution in [3.05, 3.63) is 59.6 Å². The predicted octanol–water partition coefficient (Wildman–Crippen LogP) is 4.15. The zero-order valence-electron chi connectivity index (χ0n) is 9.84. The molecule has 92 valence electrons. The lowest BCUT2D eigenvalue weighted by atomic mass is 10.3. The van der Waals surface area contributed by atoms with E-state index in [-0.39, 0.29) is 0 Å². The molecular formula is C14H13BrN2O. The van der Waals surface area contributed by atoms with Crippen LogP contribution >= 0.6 is 15.9 Å². The lowest BCUT2D eigenvalue weighted by Crippen LogP contribution is -1.94. The van der Waals surface area contributed by atoms with Crippen LogP contribution in [0.3, 0.4) is 0 Å². The average molecular weight is 305 g/mol. The largest absolute Gasteiger partial charge is 0.460 e. The molecule has 0 aliphatic rings. The maximum Gasteiger partial charge on any atom is 0.145 e. The Morgan fingerprint density at radius 1 is 1.50 bits per heavy atom. The van der Waals surface area contributed by atoms with Gasteiger partial charge in [0.2, 0.25) is 0 Å². The quantitative estimate of drug-likeness (QED) is 0.343. The highest BCUT2D eigenvalue weighted by Crippen LogP contribution is 2.17. The monoisotopic (exact) mass is 304 g/mol. The molecule has 0 aromatic carbocycles. The molecule has 18 heavy (non-hydrogen) atoms. The Morgan fingerprint density at radius 2 is 2.33 bits per heavy atom. The molecule has 0 aliphatic heterocycles. The van der Waals surface area contributed by atoms with E-state index in [9.17, 15) is 0 Å². The predicted molar refractivity (Wildman–Crippen MR) is 74.8 cm³/mol. The first-order chi connectivity index (χ1) is 8.76. The van der Waals surface area contributed by atoms with Crippen molar-refractivity contribution in [3.8, 4) is 11.8 Å².